The Labute approximate surface area is 126 Å². The van der Waals surface area contributed by atoms with Gasteiger partial charge in [0.2, 0.25) is 0 Å². The number of hydrogen-bond acceptors (Lipinski definition) is 6. The topological polar surface area (TPSA) is 99.3 Å². The molecule has 2 aromatic rings. The number of sulfone groups is 1. The van der Waals surface area contributed by atoms with Gasteiger partial charge in [-0.1, -0.05) is 0 Å². The van der Waals surface area contributed by atoms with Gasteiger partial charge < -0.3 is 10.2 Å². The molecule has 0 saturated carbocycles. The summed E-state index contributed by atoms with van der Waals surface area (Å²) in [4.78, 5) is 0.0640. The summed E-state index contributed by atoms with van der Waals surface area (Å²) in [6.45, 7) is -0.456. The summed E-state index contributed by atoms with van der Waals surface area (Å²) in [5.41, 5.74) is 0.309. The molecular weight excluding hydrogens is 311 g/mol. The number of hydrogen-bond donors (Lipinski definition) is 2. The number of rotatable bonds is 5. The van der Waals surface area contributed by atoms with Gasteiger partial charge in [-0.25, -0.2) is 12.8 Å². The van der Waals surface area contributed by atoms with Crippen molar-refractivity contribution in [3.63, 3.8) is 0 Å². The van der Waals surface area contributed by atoms with Gasteiger partial charge in [0.05, 0.1) is 22.9 Å². The smallest absolute Gasteiger partial charge is 0.180 e. The molecule has 2 N–H and O–H groups in total. The third kappa shape index (κ3) is 3.86. The van der Waals surface area contributed by atoms with Crippen molar-refractivity contribution >= 4 is 21.2 Å². The van der Waals surface area contributed by atoms with Gasteiger partial charge in [-0.15, -0.1) is 5.11 Å². The van der Waals surface area contributed by atoms with Crippen LogP contribution in [0.15, 0.2) is 57.6 Å². The molecule has 0 saturated heterocycles. The van der Waals surface area contributed by atoms with Crippen LogP contribution in [0.4, 0.5) is 15.8 Å². The first-order valence-electron chi connectivity index (χ1n) is 6.26. The molecule has 0 amide bonds. The minimum Gasteiger partial charge on any atom is -0.506 e. The number of azo groups is 1. The van der Waals surface area contributed by atoms with E-state index in [1.54, 1.807) is 0 Å². The molecule has 8 heteroatoms. The quantitative estimate of drug-likeness (QED) is 0.826. The average Bonchev–Trinajstić information content (AvgIpc) is 2.48. The lowest BCUT2D eigenvalue weighted by Crippen LogP contribution is -2.09. The number of aliphatic hydroxyl groups excluding tert-OH is 1. The van der Waals surface area contributed by atoms with Crippen molar-refractivity contribution in [1.82, 2.24) is 0 Å². The molecule has 0 unspecified atom stereocenters. The van der Waals surface area contributed by atoms with E-state index in [1.165, 1.54) is 24.3 Å². The first kappa shape index (κ1) is 16.1. The van der Waals surface area contributed by atoms with Crippen LogP contribution in [0, 0.1) is 5.82 Å². The van der Waals surface area contributed by atoms with Crippen LogP contribution in [-0.2, 0) is 9.84 Å². The minimum atomic E-state index is -3.52. The normalized spacial score (nSPS) is 11.9. The molecule has 22 heavy (non-hydrogen) atoms. The Morgan fingerprint density at radius 3 is 2.36 bits per heavy atom. The minimum absolute atomic E-state index is 0.0306. The molecule has 0 aliphatic heterocycles. The van der Waals surface area contributed by atoms with Gasteiger partial charge >= 0.3 is 0 Å². The van der Waals surface area contributed by atoms with Crippen LogP contribution in [0.1, 0.15) is 0 Å². The Morgan fingerprint density at radius 2 is 1.73 bits per heavy atom. The predicted octanol–water partition coefficient (Wildman–Crippen LogP) is 2.71. The number of benzene rings is 2. The molecule has 2 aromatic carbocycles. The van der Waals surface area contributed by atoms with Crippen molar-refractivity contribution in [2.45, 2.75) is 4.90 Å². The predicted molar refractivity (Wildman–Crippen MR) is 77.8 cm³/mol. The first-order valence-corrected chi connectivity index (χ1v) is 7.91. The summed E-state index contributed by atoms with van der Waals surface area (Å²) in [5.74, 6) is -1.13. The van der Waals surface area contributed by atoms with Gasteiger partial charge in [0.1, 0.15) is 17.3 Å². The zero-order valence-corrected chi connectivity index (χ0v) is 12.2. The number of phenolic OH excluding ortho intramolecular Hbond substituents is 1. The summed E-state index contributed by atoms with van der Waals surface area (Å²) in [5, 5.41) is 25.7. The second-order valence-corrected chi connectivity index (χ2v) is 6.48. The third-order valence-corrected chi connectivity index (χ3v) is 4.48. The maximum atomic E-state index is 13.0. The third-order valence-electron chi connectivity index (χ3n) is 2.77. The Hall–Kier alpha value is -2.32. The highest BCUT2D eigenvalue weighted by atomic mass is 32.2. The molecule has 0 aliphatic rings. The van der Waals surface area contributed by atoms with E-state index < -0.39 is 22.3 Å². The molecule has 6 nitrogen and oxygen atoms in total. The number of nitrogens with zero attached hydrogens (tertiary/aromatic N) is 2. The van der Waals surface area contributed by atoms with E-state index in [2.05, 4.69) is 10.2 Å². The lowest BCUT2D eigenvalue weighted by Gasteiger charge is -2.02. The Morgan fingerprint density at radius 1 is 1.05 bits per heavy atom. The van der Waals surface area contributed by atoms with Gasteiger partial charge in [-0.05, 0) is 36.4 Å². The van der Waals surface area contributed by atoms with Crippen LogP contribution >= 0.6 is 0 Å². The lowest BCUT2D eigenvalue weighted by atomic mass is 10.3. The molecular formula is C14H13FN2O4S. The maximum Gasteiger partial charge on any atom is 0.180 e. The SMILES string of the molecule is O=S(=O)(CCO)c1ccc(N=Nc2cc(F)ccc2O)cc1. The van der Waals surface area contributed by atoms with Crippen LogP contribution in [0.3, 0.4) is 0 Å². The second kappa shape index (κ2) is 6.63. The highest BCUT2D eigenvalue weighted by molar-refractivity contribution is 7.91. The fraction of sp³-hybridized carbons (Fsp3) is 0.143. The van der Waals surface area contributed by atoms with Crippen molar-refractivity contribution in [3.8, 4) is 5.75 Å². The largest absolute Gasteiger partial charge is 0.506 e. The highest BCUT2D eigenvalue weighted by Crippen LogP contribution is 2.28. The summed E-state index contributed by atoms with van der Waals surface area (Å²) >= 11 is 0. The van der Waals surface area contributed by atoms with Gasteiger partial charge in [0.25, 0.3) is 0 Å². The van der Waals surface area contributed by atoms with E-state index in [-0.39, 0.29) is 22.1 Å². The zero-order valence-electron chi connectivity index (χ0n) is 11.3. The number of aliphatic hydroxyl groups is 1. The summed E-state index contributed by atoms with van der Waals surface area (Å²) < 4.78 is 36.5. The van der Waals surface area contributed by atoms with Crippen molar-refractivity contribution in [3.05, 3.63) is 48.3 Å². The number of aromatic hydroxyl groups is 1. The molecule has 0 heterocycles. The first-order chi connectivity index (χ1) is 10.4. The Kier molecular flexibility index (Phi) is 4.84. The summed E-state index contributed by atoms with van der Waals surface area (Å²) in [6.07, 6.45) is 0. The number of halogens is 1. The summed E-state index contributed by atoms with van der Waals surface area (Å²) in [6, 6.07) is 8.80. The Bertz CT molecular complexity index is 789. The highest BCUT2D eigenvalue weighted by Gasteiger charge is 2.13. The second-order valence-electron chi connectivity index (χ2n) is 4.37. The van der Waals surface area contributed by atoms with E-state index in [0.717, 1.165) is 18.2 Å². The molecule has 116 valence electrons. The summed E-state index contributed by atoms with van der Waals surface area (Å²) in [7, 11) is -3.52. The van der Waals surface area contributed by atoms with Gasteiger partial charge in [0, 0.05) is 6.07 Å². The molecule has 0 atom stereocenters. The molecule has 0 aromatic heterocycles. The van der Waals surface area contributed by atoms with Crippen LogP contribution in [-0.4, -0.2) is 31.0 Å². The maximum absolute atomic E-state index is 13.0. The van der Waals surface area contributed by atoms with Gasteiger partial charge in [0.15, 0.2) is 9.84 Å². The van der Waals surface area contributed by atoms with Crippen LogP contribution < -0.4 is 0 Å². The zero-order chi connectivity index (χ0) is 16.2. The van der Waals surface area contributed by atoms with Crippen molar-refractivity contribution in [1.29, 1.82) is 0 Å². The fourth-order valence-corrected chi connectivity index (χ4v) is 2.67. The van der Waals surface area contributed by atoms with Crippen molar-refractivity contribution in [2.75, 3.05) is 12.4 Å². The standard InChI is InChI=1S/C14H13FN2O4S/c15-10-1-6-14(19)13(9-10)17-16-11-2-4-12(5-3-11)22(20,21)8-7-18/h1-6,9,18-19H,7-8H2. The van der Waals surface area contributed by atoms with E-state index in [4.69, 9.17) is 5.11 Å². The molecule has 2 rings (SSSR count). The van der Waals surface area contributed by atoms with Crippen LogP contribution in [0.2, 0.25) is 0 Å². The monoisotopic (exact) mass is 324 g/mol. The van der Waals surface area contributed by atoms with Crippen LogP contribution in [0.25, 0.3) is 0 Å². The molecule has 0 fully saturated rings. The molecule has 0 aliphatic carbocycles. The molecule has 0 bridgehead atoms. The van der Waals surface area contributed by atoms with Gasteiger partial charge in [-0.3, -0.25) is 0 Å². The number of phenols is 1. The Balaban J connectivity index is 2.21. The lowest BCUT2D eigenvalue weighted by molar-refractivity contribution is 0.319. The van der Waals surface area contributed by atoms with E-state index in [1.807, 2.05) is 0 Å². The molecule has 0 radical (unpaired) electrons. The van der Waals surface area contributed by atoms with Gasteiger partial charge in [-0.2, -0.15) is 5.11 Å². The van der Waals surface area contributed by atoms with E-state index in [0.29, 0.717) is 5.69 Å². The fourth-order valence-electron chi connectivity index (χ4n) is 1.65. The average molecular weight is 324 g/mol. The molecule has 0 spiro atoms. The van der Waals surface area contributed by atoms with E-state index >= 15 is 0 Å². The van der Waals surface area contributed by atoms with Crippen LogP contribution in [0.5, 0.6) is 5.75 Å². The van der Waals surface area contributed by atoms with Crippen molar-refractivity contribution < 1.29 is 23.0 Å². The van der Waals surface area contributed by atoms with Crippen molar-refractivity contribution in [2.24, 2.45) is 10.2 Å². The van der Waals surface area contributed by atoms with E-state index in [9.17, 15) is 17.9 Å².